The van der Waals surface area contributed by atoms with Crippen molar-refractivity contribution in [3.05, 3.63) is 64.1 Å². The zero-order valence-corrected chi connectivity index (χ0v) is 13.5. The van der Waals surface area contributed by atoms with Crippen LogP contribution in [0.25, 0.3) is 0 Å². The van der Waals surface area contributed by atoms with Crippen molar-refractivity contribution >= 4 is 11.6 Å². The standard InChI is InChI=1S/C18H21N3O2/c1-14-5-3-6-15(13-14)20-9-11-21(12-10-20)18(23)16-7-4-8-19(2)17(16)22/h3-8,13H,9-12H2,1-2H3. The highest BCUT2D eigenvalue weighted by Crippen LogP contribution is 2.18. The second kappa shape index (κ2) is 6.28. The fourth-order valence-corrected chi connectivity index (χ4v) is 2.92. The molecule has 0 radical (unpaired) electrons. The molecular formula is C18H21N3O2. The molecule has 5 heteroatoms. The molecule has 23 heavy (non-hydrogen) atoms. The number of rotatable bonds is 2. The number of hydrogen-bond acceptors (Lipinski definition) is 3. The van der Waals surface area contributed by atoms with Gasteiger partial charge in [0.1, 0.15) is 5.56 Å². The molecule has 5 nitrogen and oxygen atoms in total. The number of pyridine rings is 1. The Morgan fingerprint density at radius 2 is 1.78 bits per heavy atom. The van der Waals surface area contributed by atoms with Crippen LogP contribution in [0.3, 0.4) is 0 Å². The number of carbonyl (C=O) groups excluding carboxylic acids is 1. The van der Waals surface area contributed by atoms with E-state index in [2.05, 4.69) is 36.1 Å². The molecule has 0 saturated carbocycles. The van der Waals surface area contributed by atoms with Gasteiger partial charge < -0.3 is 14.4 Å². The molecule has 3 rings (SSSR count). The largest absolute Gasteiger partial charge is 0.368 e. The van der Waals surface area contributed by atoms with Gasteiger partial charge in [-0.2, -0.15) is 0 Å². The lowest BCUT2D eigenvalue weighted by Gasteiger charge is -2.36. The van der Waals surface area contributed by atoms with Crippen molar-refractivity contribution in [2.24, 2.45) is 7.05 Å². The van der Waals surface area contributed by atoms with E-state index in [1.54, 1.807) is 30.3 Å². The summed E-state index contributed by atoms with van der Waals surface area (Å²) >= 11 is 0. The van der Waals surface area contributed by atoms with Crippen molar-refractivity contribution in [1.29, 1.82) is 0 Å². The summed E-state index contributed by atoms with van der Waals surface area (Å²) in [6.07, 6.45) is 1.66. The van der Waals surface area contributed by atoms with E-state index in [4.69, 9.17) is 0 Å². The number of carbonyl (C=O) groups is 1. The lowest BCUT2D eigenvalue weighted by molar-refractivity contribution is 0.0744. The predicted octanol–water partition coefficient (Wildman–Crippen LogP) is 1.66. The second-order valence-electron chi connectivity index (χ2n) is 5.96. The van der Waals surface area contributed by atoms with Gasteiger partial charge in [-0.15, -0.1) is 0 Å². The maximum Gasteiger partial charge on any atom is 0.263 e. The van der Waals surface area contributed by atoms with Gasteiger partial charge in [-0.3, -0.25) is 9.59 Å². The molecule has 1 saturated heterocycles. The van der Waals surface area contributed by atoms with Crippen molar-refractivity contribution in [1.82, 2.24) is 9.47 Å². The Kier molecular flexibility index (Phi) is 4.19. The van der Waals surface area contributed by atoms with E-state index in [0.29, 0.717) is 13.1 Å². The molecule has 1 aromatic carbocycles. The number of nitrogens with zero attached hydrogens (tertiary/aromatic N) is 3. The monoisotopic (exact) mass is 311 g/mol. The van der Waals surface area contributed by atoms with Crippen LogP contribution in [0.15, 0.2) is 47.4 Å². The summed E-state index contributed by atoms with van der Waals surface area (Å²) in [5, 5.41) is 0. The van der Waals surface area contributed by atoms with Gasteiger partial charge in [-0.05, 0) is 36.8 Å². The molecule has 0 aliphatic carbocycles. The summed E-state index contributed by atoms with van der Waals surface area (Å²) in [4.78, 5) is 28.7. The van der Waals surface area contributed by atoms with Gasteiger partial charge in [-0.25, -0.2) is 0 Å². The minimum atomic E-state index is -0.237. The molecule has 0 unspecified atom stereocenters. The quantitative estimate of drug-likeness (QED) is 0.847. The number of aromatic nitrogens is 1. The molecule has 0 bridgehead atoms. The molecule has 1 fully saturated rings. The topological polar surface area (TPSA) is 45.5 Å². The Bertz CT molecular complexity index is 774. The number of piperazine rings is 1. The van der Waals surface area contributed by atoms with Crippen LogP contribution in [0.1, 0.15) is 15.9 Å². The average molecular weight is 311 g/mol. The Hall–Kier alpha value is -2.56. The van der Waals surface area contributed by atoms with Crippen molar-refractivity contribution in [2.75, 3.05) is 31.1 Å². The fourth-order valence-electron chi connectivity index (χ4n) is 2.92. The van der Waals surface area contributed by atoms with E-state index in [9.17, 15) is 9.59 Å². The molecule has 0 N–H and O–H groups in total. The van der Waals surface area contributed by atoms with E-state index in [-0.39, 0.29) is 17.0 Å². The Balaban J connectivity index is 1.70. The Morgan fingerprint density at radius 3 is 2.48 bits per heavy atom. The van der Waals surface area contributed by atoms with Crippen LogP contribution < -0.4 is 10.5 Å². The third kappa shape index (κ3) is 3.13. The third-order valence-corrected chi connectivity index (χ3v) is 4.29. The highest BCUT2D eigenvalue weighted by Gasteiger charge is 2.24. The van der Waals surface area contributed by atoms with Crippen molar-refractivity contribution in [3.63, 3.8) is 0 Å². The molecule has 1 aromatic heterocycles. The van der Waals surface area contributed by atoms with Crippen LogP contribution in [0.5, 0.6) is 0 Å². The van der Waals surface area contributed by atoms with Crippen LogP contribution in [-0.4, -0.2) is 41.6 Å². The van der Waals surface area contributed by atoms with E-state index >= 15 is 0 Å². The summed E-state index contributed by atoms with van der Waals surface area (Å²) in [6.45, 7) is 4.90. The number of aryl methyl sites for hydroxylation is 2. The van der Waals surface area contributed by atoms with Gasteiger partial charge in [-0.1, -0.05) is 12.1 Å². The van der Waals surface area contributed by atoms with E-state index < -0.39 is 0 Å². The fraction of sp³-hybridized carbons (Fsp3) is 0.333. The molecule has 0 spiro atoms. The molecule has 2 heterocycles. The Morgan fingerprint density at radius 1 is 1.04 bits per heavy atom. The maximum absolute atomic E-state index is 12.6. The van der Waals surface area contributed by atoms with E-state index in [1.807, 2.05) is 0 Å². The minimum Gasteiger partial charge on any atom is -0.368 e. The predicted molar refractivity (Wildman–Crippen MR) is 91.0 cm³/mol. The normalized spacial score (nSPS) is 14.9. The number of amides is 1. The van der Waals surface area contributed by atoms with Gasteiger partial charge in [0.2, 0.25) is 0 Å². The number of anilines is 1. The second-order valence-corrected chi connectivity index (χ2v) is 5.96. The average Bonchev–Trinajstić information content (AvgIpc) is 2.57. The molecular weight excluding hydrogens is 290 g/mol. The zero-order chi connectivity index (χ0) is 16.4. The van der Waals surface area contributed by atoms with Gasteiger partial charge in [0, 0.05) is 45.1 Å². The van der Waals surface area contributed by atoms with Gasteiger partial charge in [0.25, 0.3) is 11.5 Å². The van der Waals surface area contributed by atoms with Gasteiger partial charge in [0.15, 0.2) is 0 Å². The molecule has 1 aliphatic heterocycles. The lowest BCUT2D eigenvalue weighted by Crippen LogP contribution is -2.49. The molecule has 2 aromatic rings. The third-order valence-electron chi connectivity index (χ3n) is 4.29. The first-order chi connectivity index (χ1) is 11.1. The molecule has 120 valence electrons. The van der Waals surface area contributed by atoms with E-state index in [0.717, 1.165) is 13.1 Å². The van der Waals surface area contributed by atoms with Crippen LogP contribution in [-0.2, 0) is 7.05 Å². The van der Waals surface area contributed by atoms with Gasteiger partial charge >= 0.3 is 0 Å². The zero-order valence-electron chi connectivity index (χ0n) is 13.5. The summed E-state index contributed by atoms with van der Waals surface area (Å²) in [5.41, 5.74) is 2.43. The highest BCUT2D eigenvalue weighted by molar-refractivity contribution is 5.94. The molecule has 1 amide bonds. The highest BCUT2D eigenvalue weighted by atomic mass is 16.2. The summed E-state index contributed by atoms with van der Waals surface area (Å²) < 4.78 is 1.44. The van der Waals surface area contributed by atoms with Crippen LogP contribution in [0.2, 0.25) is 0 Å². The van der Waals surface area contributed by atoms with Crippen molar-refractivity contribution < 1.29 is 4.79 Å². The van der Waals surface area contributed by atoms with Crippen LogP contribution in [0, 0.1) is 6.92 Å². The smallest absolute Gasteiger partial charge is 0.263 e. The maximum atomic E-state index is 12.6. The summed E-state index contributed by atoms with van der Waals surface area (Å²) in [7, 11) is 1.66. The van der Waals surface area contributed by atoms with Gasteiger partial charge in [0.05, 0.1) is 0 Å². The first-order valence-corrected chi connectivity index (χ1v) is 7.83. The van der Waals surface area contributed by atoms with Crippen LogP contribution in [0.4, 0.5) is 5.69 Å². The van der Waals surface area contributed by atoms with Crippen molar-refractivity contribution in [3.8, 4) is 0 Å². The van der Waals surface area contributed by atoms with Crippen molar-refractivity contribution in [2.45, 2.75) is 6.92 Å². The number of hydrogen-bond donors (Lipinski definition) is 0. The van der Waals surface area contributed by atoms with E-state index in [1.165, 1.54) is 15.8 Å². The summed E-state index contributed by atoms with van der Waals surface area (Å²) in [5.74, 6) is -0.171. The van der Waals surface area contributed by atoms with Crippen LogP contribution >= 0.6 is 0 Å². The Labute approximate surface area is 135 Å². The molecule has 0 atom stereocenters. The summed E-state index contributed by atoms with van der Waals surface area (Å²) in [6, 6.07) is 11.7. The first kappa shape index (κ1) is 15.3. The molecule has 1 aliphatic rings. The first-order valence-electron chi connectivity index (χ1n) is 7.83. The number of benzene rings is 1. The lowest BCUT2D eigenvalue weighted by atomic mass is 10.1. The SMILES string of the molecule is Cc1cccc(N2CCN(C(=O)c3cccn(C)c3=O)CC2)c1. The minimum absolute atomic E-state index is 0.171.